The Bertz CT molecular complexity index is 631. The lowest BCUT2D eigenvalue weighted by molar-refractivity contribution is 0.966. The normalized spacial score (nSPS) is 10.4. The number of aromatic nitrogens is 2. The summed E-state index contributed by atoms with van der Waals surface area (Å²) < 4.78 is 0. The molecule has 4 nitrogen and oxygen atoms in total. The Kier molecular flexibility index (Phi) is 3.49. The Morgan fingerprint density at radius 1 is 1.18 bits per heavy atom. The summed E-state index contributed by atoms with van der Waals surface area (Å²) >= 11 is 1.64. The van der Waals surface area contributed by atoms with Crippen molar-refractivity contribution in [3.05, 3.63) is 62.4 Å². The van der Waals surface area contributed by atoms with Crippen LogP contribution < -0.4 is 11.2 Å². The monoisotopic (exact) mass is 248 g/mol. The number of nitrogens with one attached hydrogen (secondary N) is 2. The molecule has 0 bridgehead atoms. The van der Waals surface area contributed by atoms with Crippen LogP contribution in [0.3, 0.4) is 0 Å². The van der Waals surface area contributed by atoms with E-state index in [-0.39, 0.29) is 5.56 Å². The molecule has 17 heavy (non-hydrogen) atoms. The van der Waals surface area contributed by atoms with Gasteiger partial charge < -0.3 is 4.98 Å². The van der Waals surface area contributed by atoms with Crippen LogP contribution in [0.25, 0.3) is 0 Å². The Labute approximate surface area is 102 Å². The molecule has 5 heteroatoms. The molecular formula is C12H12N2O2S. The van der Waals surface area contributed by atoms with Crippen LogP contribution in [0.4, 0.5) is 0 Å². The first kappa shape index (κ1) is 11.7. The molecule has 0 atom stereocenters. The molecule has 1 aromatic carbocycles. The van der Waals surface area contributed by atoms with E-state index in [1.807, 2.05) is 30.5 Å². The van der Waals surface area contributed by atoms with Crippen molar-refractivity contribution in [2.24, 2.45) is 0 Å². The van der Waals surface area contributed by atoms with Crippen LogP contribution in [0.1, 0.15) is 11.1 Å². The second-order valence-corrected chi connectivity index (χ2v) is 4.43. The van der Waals surface area contributed by atoms with Gasteiger partial charge in [-0.05, 0) is 17.9 Å². The van der Waals surface area contributed by atoms with E-state index in [1.165, 1.54) is 6.20 Å². The van der Waals surface area contributed by atoms with Crippen LogP contribution >= 0.6 is 11.8 Å². The van der Waals surface area contributed by atoms with Gasteiger partial charge in [-0.1, -0.05) is 18.2 Å². The van der Waals surface area contributed by atoms with Crippen molar-refractivity contribution in [3.63, 3.8) is 0 Å². The Balaban J connectivity index is 2.38. The van der Waals surface area contributed by atoms with Crippen LogP contribution in [0.15, 0.2) is 44.9 Å². The Morgan fingerprint density at radius 3 is 2.65 bits per heavy atom. The number of thioether (sulfide) groups is 1. The van der Waals surface area contributed by atoms with Crippen LogP contribution in [0.5, 0.6) is 0 Å². The maximum Gasteiger partial charge on any atom is 0.325 e. The Hall–Kier alpha value is -1.75. The maximum atomic E-state index is 11.6. The van der Waals surface area contributed by atoms with Gasteiger partial charge in [0, 0.05) is 23.1 Å². The second kappa shape index (κ2) is 5.05. The number of rotatable bonds is 3. The molecule has 0 unspecified atom stereocenters. The smallest absolute Gasteiger partial charge is 0.314 e. The van der Waals surface area contributed by atoms with Gasteiger partial charge in [-0.15, -0.1) is 11.8 Å². The van der Waals surface area contributed by atoms with E-state index in [9.17, 15) is 9.59 Å². The van der Waals surface area contributed by atoms with Crippen molar-refractivity contribution in [3.8, 4) is 0 Å². The molecule has 0 saturated heterocycles. The van der Waals surface area contributed by atoms with E-state index in [4.69, 9.17) is 0 Å². The third kappa shape index (κ3) is 2.68. The first-order chi connectivity index (χ1) is 8.20. The lowest BCUT2D eigenvalue weighted by Crippen LogP contribution is -2.24. The predicted octanol–water partition coefficient (Wildman–Crippen LogP) is 1.38. The summed E-state index contributed by atoms with van der Waals surface area (Å²) in [5.41, 5.74) is 0.838. The van der Waals surface area contributed by atoms with Crippen molar-refractivity contribution in [2.75, 3.05) is 6.26 Å². The van der Waals surface area contributed by atoms with Crippen molar-refractivity contribution in [2.45, 2.75) is 11.3 Å². The van der Waals surface area contributed by atoms with Crippen LogP contribution in [0, 0.1) is 0 Å². The summed E-state index contributed by atoms with van der Waals surface area (Å²) in [6.07, 6.45) is 3.98. The van der Waals surface area contributed by atoms with Crippen molar-refractivity contribution in [1.29, 1.82) is 0 Å². The first-order valence-electron chi connectivity index (χ1n) is 5.13. The highest BCUT2D eigenvalue weighted by Gasteiger charge is 2.05. The fourth-order valence-electron chi connectivity index (χ4n) is 1.62. The molecule has 1 heterocycles. The zero-order valence-corrected chi connectivity index (χ0v) is 10.1. The van der Waals surface area contributed by atoms with Gasteiger partial charge in [0.05, 0.1) is 0 Å². The van der Waals surface area contributed by atoms with Crippen molar-refractivity contribution < 1.29 is 0 Å². The third-order valence-electron chi connectivity index (χ3n) is 2.47. The fraction of sp³-hybridized carbons (Fsp3) is 0.167. The van der Waals surface area contributed by atoms with E-state index in [2.05, 4.69) is 9.97 Å². The predicted molar refractivity (Wildman–Crippen MR) is 68.7 cm³/mol. The molecule has 0 radical (unpaired) electrons. The number of hydrogen-bond donors (Lipinski definition) is 2. The largest absolute Gasteiger partial charge is 0.325 e. The topological polar surface area (TPSA) is 65.7 Å². The highest BCUT2D eigenvalue weighted by atomic mass is 32.2. The molecule has 2 N–H and O–H groups in total. The summed E-state index contributed by atoms with van der Waals surface area (Å²) in [7, 11) is 0. The molecule has 0 amide bonds. The van der Waals surface area contributed by atoms with Gasteiger partial charge in [0.25, 0.3) is 5.56 Å². The zero-order valence-electron chi connectivity index (χ0n) is 9.32. The van der Waals surface area contributed by atoms with Gasteiger partial charge in [0.15, 0.2) is 0 Å². The zero-order chi connectivity index (χ0) is 12.3. The van der Waals surface area contributed by atoms with Crippen molar-refractivity contribution in [1.82, 2.24) is 9.97 Å². The fourth-order valence-corrected chi connectivity index (χ4v) is 2.24. The van der Waals surface area contributed by atoms with E-state index >= 15 is 0 Å². The first-order valence-corrected chi connectivity index (χ1v) is 6.36. The maximum absolute atomic E-state index is 11.6. The van der Waals surface area contributed by atoms with Gasteiger partial charge in [0.2, 0.25) is 0 Å². The molecular weight excluding hydrogens is 236 g/mol. The number of aromatic amines is 2. The number of H-pyrrole nitrogens is 2. The molecule has 2 aromatic rings. The SMILES string of the molecule is CSc1ccccc1Cc1c[nH]c(=O)[nH]c1=O. The van der Waals surface area contributed by atoms with Gasteiger partial charge in [-0.25, -0.2) is 4.79 Å². The van der Waals surface area contributed by atoms with Gasteiger partial charge >= 0.3 is 5.69 Å². The third-order valence-corrected chi connectivity index (χ3v) is 3.31. The number of benzene rings is 1. The lowest BCUT2D eigenvalue weighted by atomic mass is 10.1. The minimum absolute atomic E-state index is 0.329. The quantitative estimate of drug-likeness (QED) is 0.806. The lowest BCUT2D eigenvalue weighted by Gasteiger charge is -2.05. The number of hydrogen-bond acceptors (Lipinski definition) is 3. The van der Waals surface area contributed by atoms with E-state index < -0.39 is 5.69 Å². The highest BCUT2D eigenvalue weighted by Crippen LogP contribution is 2.21. The highest BCUT2D eigenvalue weighted by molar-refractivity contribution is 7.98. The van der Waals surface area contributed by atoms with E-state index in [1.54, 1.807) is 11.8 Å². The van der Waals surface area contributed by atoms with E-state index in [0.717, 1.165) is 10.5 Å². The van der Waals surface area contributed by atoms with Crippen molar-refractivity contribution >= 4 is 11.8 Å². The van der Waals surface area contributed by atoms with Crippen LogP contribution in [0.2, 0.25) is 0 Å². The second-order valence-electron chi connectivity index (χ2n) is 3.59. The minimum atomic E-state index is -0.475. The summed E-state index contributed by atoms with van der Waals surface area (Å²) in [5.74, 6) is 0. The molecule has 0 aliphatic rings. The van der Waals surface area contributed by atoms with Gasteiger partial charge in [0.1, 0.15) is 0 Å². The Morgan fingerprint density at radius 2 is 1.94 bits per heavy atom. The van der Waals surface area contributed by atoms with Crippen LogP contribution in [-0.4, -0.2) is 16.2 Å². The van der Waals surface area contributed by atoms with Crippen LogP contribution in [-0.2, 0) is 6.42 Å². The van der Waals surface area contributed by atoms with Gasteiger partial charge in [-0.3, -0.25) is 9.78 Å². The summed E-state index contributed by atoms with van der Waals surface area (Å²) in [4.78, 5) is 28.3. The molecule has 88 valence electrons. The molecule has 0 aliphatic carbocycles. The standard InChI is InChI=1S/C12H12N2O2S/c1-17-10-5-3-2-4-8(10)6-9-7-13-12(16)14-11(9)15/h2-5,7H,6H2,1H3,(H2,13,14,15,16). The molecule has 1 aromatic heterocycles. The molecule has 0 saturated carbocycles. The van der Waals surface area contributed by atoms with E-state index in [0.29, 0.717) is 12.0 Å². The van der Waals surface area contributed by atoms with Gasteiger partial charge in [-0.2, -0.15) is 0 Å². The minimum Gasteiger partial charge on any atom is -0.314 e. The molecule has 0 aliphatic heterocycles. The molecule has 2 rings (SSSR count). The summed E-state index contributed by atoms with van der Waals surface area (Å²) in [6, 6.07) is 7.90. The average Bonchev–Trinajstić information content (AvgIpc) is 2.33. The molecule has 0 fully saturated rings. The average molecular weight is 248 g/mol. The summed E-state index contributed by atoms with van der Waals surface area (Å²) in [6.45, 7) is 0. The molecule has 0 spiro atoms. The summed E-state index contributed by atoms with van der Waals surface area (Å²) in [5, 5.41) is 0.